The Morgan fingerprint density at radius 1 is 1.03 bits per heavy atom. The fourth-order valence-electron chi connectivity index (χ4n) is 2.91. The Morgan fingerprint density at radius 2 is 1.72 bits per heavy atom. The van der Waals surface area contributed by atoms with Crippen molar-refractivity contribution in [1.29, 1.82) is 0 Å². The van der Waals surface area contributed by atoms with E-state index in [0.717, 1.165) is 27.9 Å². The average Bonchev–Trinajstić information content (AvgIpc) is 3.07. The van der Waals surface area contributed by atoms with Gasteiger partial charge >= 0.3 is 0 Å². The molecule has 3 aromatic carbocycles. The number of rotatable bonds is 6. The molecule has 32 heavy (non-hydrogen) atoms. The Morgan fingerprint density at radius 3 is 2.44 bits per heavy atom. The molecule has 1 saturated heterocycles. The fourth-order valence-corrected chi connectivity index (χ4v) is 4.28. The Hall–Kier alpha value is -3.13. The Labute approximate surface area is 200 Å². The van der Waals surface area contributed by atoms with Gasteiger partial charge in [0.15, 0.2) is 4.32 Å². The predicted molar refractivity (Wildman–Crippen MR) is 131 cm³/mol. The molecule has 8 heteroatoms. The topological polar surface area (TPSA) is 58.6 Å². The van der Waals surface area contributed by atoms with Gasteiger partial charge in [-0.2, -0.15) is 5.01 Å². The van der Waals surface area contributed by atoms with Crippen molar-refractivity contribution in [3.63, 3.8) is 0 Å². The Bertz CT molecular complexity index is 1200. The number of nitrogens with zero attached hydrogens (tertiary/aromatic N) is 1. The maximum Gasteiger partial charge on any atom is 0.285 e. The first kappa shape index (κ1) is 22.1. The molecule has 2 amide bonds. The summed E-state index contributed by atoms with van der Waals surface area (Å²) in [5.41, 5.74) is 4.72. The molecule has 5 nitrogen and oxygen atoms in total. The Balaban J connectivity index is 1.40. The highest BCUT2D eigenvalue weighted by atomic mass is 35.5. The third-order valence-corrected chi connectivity index (χ3v) is 6.24. The van der Waals surface area contributed by atoms with E-state index in [9.17, 15) is 9.59 Å². The van der Waals surface area contributed by atoms with Gasteiger partial charge in [0.05, 0.1) is 4.91 Å². The maximum absolute atomic E-state index is 12.7. The highest BCUT2D eigenvalue weighted by molar-refractivity contribution is 8.26. The monoisotopic (exact) mass is 480 g/mol. The van der Waals surface area contributed by atoms with Crippen LogP contribution in [0.15, 0.2) is 83.8 Å². The summed E-state index contributed by atoms with van der Waals surface area (Å²) < 4.78 is 6.05. The second-order valence-corrected chi connectivity index (χ2v) is 8.86. The molecule has 0 radical (unpaired) electrons. The zero-order chi connectivity index (χ0) is 22.5. The molecule has 1 N–H and O–H groups in total. The van der Waals surface area contributed by atoms with Gasteiger partial charge in [0.25, 0.3) is 11.8 Å². The number of carbonyl (C=O) groups is 2. The van der Waals surface area contributed by atoms with Crippen LogP contribution in [0.3, 0.4) is 0 Å². The van der Waals surface area contributed by atoms with Crippen LogP contribution in [0.5, 0.6) is 5.75 Å². The number of amides is 2. The highest BCUT2D eigenvalue weighted by Gasteiger charge is 2.33. The van der Waals surface area contributed by atoms with Gasteiger partial charge < -0.3 is 4.74 Å². The molecule has 160 valence electrons. The van der Waals surface area contributed by atoms with Gasteiger partial charge in [0.2, 0.25) is 0 Å². The van der Waals surface area contributed by atoms with Crippen LogP contribution in [0.4, 0.5) is 0 Å². The normalized spacial score (nSPS) is 14.7. The van der Waals surface area contributed by atoms with Crippen LogP contribution in [0.1, 0.15) is 21.5 Å². The number of benzene rings is 3. The standard InChI is InChI=1S/C24H17ClN2O3S2/c25-20-9-5-4-8-18(20)15-30-19-12-10-16(11-13-19)14-21-23(29)27(24(31)32-21)26-22(28)17-6-2-1-3-7-17/h1-14H,15H2,(H,26,28)/b21-14-. The first-order valence-corrected chi connectivity index (χ1v) is 11.2. The van der Waals surface area contributed by atoms with Gasteiger partial charge in [-0.15, -0.1) is 0 Å². The largest absolute Gasteiger partial charge is 0.489 e. The average molecular weight is 481 g/mol. The number of halogens is 1. The molecule has 1 fully saturated rings. The van der Waals surface area contributed by atoms with E-state index in [1.54, 1.807) is 30.3 Å². The van der Waals surface area contributed by atoms with E-state index >= 15 is 0 Å². The minimum atomic E-state index is -0.400. The molecule has 1 heterocycles. The second kappa shape index (κ2) is 9.99. The van der Waals surface area contributed by atoms with Crippen LogP contribution in [-0.4, -0.2) is 21.1 Å². The highest BCUT2D eigenvalue weighted by Crippen LogP contribution is 2.32. The quantitative estimate of drug-likeness (QED) is 0.374. The SMILES string of the molecule is O=C(NN1C(=O)/C(=C/c2ccc(OCc3ccccc3Cl)cc2)SC1=S)c1ccccc1. The number of nitrogens with one attached hydrogen (secondary N) is 1. The van der Waals surface area contributed by atoms with Gasteiger partial charge in [0, 0.05) is 16.1 Å². The van der Waals surface area contributed by atoms with Gasteiger partial charge in [-0.1, -0.05) is 71.9 Å². The molecule has 1 aliphatic heterocycles. The summed E-state index contributed by atoms with van der Waals surface area (Å²) in [6.07, 6.45) is 1.73. The lowest BCUT2D eigenvalue weighted by Gasteiger charge is -2.15. The predicted octanol–water partition coefficient (Wildman–Crippen LogP) is 5.47. The van der Waals surface area contributed by atoms with Crippen LogP contribution in [0.25, 0.3) is 6.08 Å². The number of hydrogen-bond acceptors (Lipinski definition) is 5. The molecular weight excluding hydrogens is 464 g/mol. The van der Waals surface area contributed by atoms with Crippen LogP contribution in [-0.2, 0) is 11.4 Å². The second-order valence-electron chi connectivity index (χ2n) is 6.77. The molecule has 0 aromatic heterocycles. The summed E-state index contributed by atoms with van der Waals surface area (Å²) in [4.78, 5) is 25.5. The molecule has 3 aromatic rings. The third kappa shape index (κ3) is 5.19. The van der Waals surface area contributed by atoms with E-state index in [4.69, 9.17) is 28.6 Å². The molecule has 0 aliphatic carbocycles. The van der Waals surface area contributed by atoms with Crippen LogP contribution >= 0.6 is 35.6 Å². The van der Waals surface area contributed by atoms with Crippen molar-refractivity contribution in [3.8, 4) is 5.75 Å². The van der Waals surface area contributed by atoms with Gasteiger partial charge in [-0.3, -0.25) is 15.0 Å². The minimum Gasteiger partial charge on any atom is -0.489 e. The molecule has 0 atom stereocenters. The number of hydrazine groups is 1. The van der Waals surface area contributed by atoms with E-state index in [1.807, 2.05) is 54.6 Å². The summed E-state index contributed by atoms with van der Waals surface area (Å²) in [5.74, 6) is -0.0868. The van der Waals surface area contributed by atoms with Crippen molar-refractivity contribution >= 4 is 57.8 Å². The summed E-state index contributed by atoms with van der Waals surface area (Å²) >= 11 is 12.6. The molecular formula is C24H17ClN2O3S2. The number of thioether (sulfide) groups is 1. The van der Waals surface area contributed by atoms with Crippen LogP contribution < -0.4 is 10.2 Å². The molecule has 0 saturated carbocycles. The lowest BCUT2D eigenvalue weighted by atomic mass is 10.2. The fraction of sp³-hybridized carbons (Fsp3) is 0.0417. The van der Waals surface area contributed by atoms with Crippen molar-refractivity contribution in [3.05, 3.63) is 105 Å². The Kier molecular flexibility index (Phi) is 6.90. The maximum atomic E-state index is 12.7. The minimum absolute atomic E-state index is 0.269. The number of carbonyl (C=O) groups excluding carboxylic acids is 2. The molecule has 0 bridgehead atoms. The molecule has 4 rings (SSSR count). The van der Waals surface area contributed by atoms with Crippen molar-refractivity contribution in [2.75, 3.05) is 0 Å². The van der Waals surface area contributed by atoms with E-state index in [2.05, 4.69) is 5.43 Å². The van der Waals surface area contributed by atoms with E-state index in [0.29, 0.717) is 27.8 Å². The van der Waals surface area contributed by atoms with Crippen molar-refractivity contribution in [1.82, 2.24) is 10.4 Å². The van der Waals surface area contributed by atoms with Gasteiger partial charge in [-0.05, 0) is 54.2 Å². The van der Waals surface area contributed by atoms with Crippen molar-refractivity contribution < 1.29 is 14.3 Å². The first-order chi connectivity index (χ1) is 15.5. The number of ether oxygens (including phenoxy) is 1. The number of thiocarbonyl (C=S) groups is 1. The summed E-state index contributed by atoms with van der Waals surface area (Å²) in [5, 5.41) is 1.76. The summed E-state index contributed by atoms with van der Waals surface area (Å²) in [6.45, 7) is 0.360. The zero-order valence-electron chi connectivity index (χ0n) is 16.7. The molecule has 0 spiro atoms. The van der Waals surface area contributed by atoms with E-state index in [-0.39, 0.29) is 10.2 Å². The van der Waals surface area contributed by atoms with E-state index in [1.165, 1.54) is 0 Å². The molecule has 1 aliphatic rings. The lowest BCUT2D eigenvalue weighted by molar-refractivity contribution is -0.123. The lowest BCUT2D eigenvalue weighted by Crippen LogP contribution is -2.44. The van der Waals surface area contributed by atoms with Crippen molar-refractivity contribution in [2.24, 2.45) is 0 Å². The van der Waals surface area contributed by atoms with Gasteiger partial charge in [-0.25, -0.2) is 0 Å². The summed E-state index contributed by atoms with van der Waals surface area (Å²) in [7, 11) is 0. The third-order valence-electron chi connectivity index (χ3n) is 4.57. The zero-order valence-corrected chi connectivity index (χ0v) is 19.0. The smallest absolute Gasteiger partial charge is 0.285 e. The first-order valence-electron chi connectivity index (χ1n) is 9.61. The van der Waals surface area contributed by atoms with Crippen LogP contribution in [0.2, 0.25) is 5.02 Å². The van der Waals surface area contributed by atoms with Gasteiger partial charge in [0.1, 0.15) is 12.4 Å². The van der Waals surface area contributed by atoms with Crippen LogP contribution in [0, 0.1) is 0 Å². The van der Waals surface area contributed by atoms with Crippen molar-refractivity contribution in [2.45, 2.75) is 6.61 Å². The number of hydrogen-bond donors (Lipinski definition) is 1. The summed E-state index contributed by atoms with van der Waals surface area (Å²) in [6, 6.07) is 23.5. The molecule has 0 unspecified atom stereocenters. The van der Waals surface area contributed by atoms with E-state index < -0.39 is 5.91 Å².